The van der Waals surface area contributed by atoms with E-state index in [0.717, 1.165) is 21.1 Å². The minimum atomic E-state index is -0.274. The van der Waals surface area contributed by atoms with Crippen LogP contribution in [0.3, 0.4) is 0 Å². The maximum absolute atomic E-state index is 12.9. The second kappa shape index (κ2) is 8.84. The first-order valence-electron chi connectivity index (χ1n) is 9.62. The largest absolute Gasteiger partial charge is 0.347 e. The highest BCUT2D eigenvalue weighted by atomic mass is 32.1. The lowest BCUT2D eigenvalue weighted by molar-refractivity contribution is 0.0940. The molecule has 1 heterocycles. The molecule has 0 spiro atoms. The van der Waals surface area contributed by atoms with Crippen molar-refractivity contribution in [2.75, 3.05) is 0 Å². The molecule has 1 aromatic heterocycles. The number of amides is 1. The molecule has 4 aromatic rings. The lowest BCUT2D eigenvalue weighted by atomic mass is 9.98. The van der Waals surface area contributed by atoms with Crippen LogP contribution in [0, 0.1) is 6.92 Å². The lowest BCUT2D eigenvalue weighted by Crippen LogP contribution is -2.25. The summed E-state index contributed by atoms with van der Waals surface area (Å²) in [6, 6.07) is 25.9. The first kappa shape index (κ1) is 19.7. The van der Waals surface area contributed by atoms with E-state index in [1.807, 2.05) is 55.5 Å². The van der Waals surface area contributed by atoms with Crippen molar-refractivity contribution in [2.24, 2.45) is 0 Å². The molecule has 5 heteroatoms. The zero-order chi connectivity index (χ0) is 20.9. The van der Waals surface area contributed by atoms with Crippen molar-refractivity contribution in [3.8, 4) is 10.6 Å². The highest BCUT2D eigenvalue weighted by Crippen LogP contribution is 2.27. The van der Waals surface area contributed by atoms with Gasteiger partial charge < -0.3 is 5.32 Å². The van der Waals surface area contributed by atoms with Crippen LogP contribution in [-0.4, -0.2) is 16.7 Å². The number of benzene rings is 3. The molecule has 0 aliphatic carbocycles. The smallest absolute Gasteiger partial charge is 0.252 e. The van der Waals surface area contributed by atoms with E-state index in [4.69, 9.17) is 0 Å². The number of carbonyl (C=O) groups is 2. The van der Waals surface area contributed by atoms with Crippen LogP contribution in [0.1, 0.15) is 36.9 Å². The third-order valence-electron chi connectivity index (χ3n) is 4.78. The van der Waals surface area contributed by atoms with Crippen LogP contribution in [0.4, 0.5) is 0 Å². The predicted octanol–water partition coefficient (Wildman–Crippen LogP) is 5.28. The molecule has 0 fully saturated rings. The van der Waals surface area contributed by atoms with Crippen LogP contribution in [-0.2, 0) is 6.54 Å². The zero-order valence-corrected chi connectivity index (χ0v) is 17.3. The van der Waals surface area contributed by atoms with Gasteiger partial charge in [-0.05, 0) is 13.0 Å². The molecule has 3 aromatic carbocycles. The fraction of sp³-hybridized carbons (Fsp3) is 0.0800. The Hall–Kier alpha value is -3.57. The average molecular weight is 413 g/mol. The highest BCUT2D eigenvalue weighted by molar-refractivity contribution is 7.15. The minimum absolute atomic E-state index is 0.165. The van der Waals surface area contributed by atoms with Gasteiger partial charge in [-0.25, -0.2) is 4.98 Å². The molecule has 0 aliphatic rings. The molecular formula is C25H20N2O2S. The molecule has 0 aliphatic heterocycles. The predicted molar refractivity (Wildman–Crippen MR) is 120 cm³/mol. The Kier molecular flexibility index (Phi) is 5.82. The van der Waals surface area contributed by atoms with Crippen LogP contribution in [0.2, 0.25) is 0 Å². The van der Waals surface area contributed by atoms with Crippen LogP contribution in [0.25, 0.3) is 10.6 Å². The summed E-state index contributed by atoms with van der Waals surface area (Å²) in [5.41, 5.74) is 3.28. The quantitative estimate of drug-likeness (QED) is 0.438. The van der Waals surface area contributed by atoms with Gasteiger partial charge in [-0.15, -0.1) is 11.3 Å². The molecule has 1 amide bonds. The molecule has 0 atom stereocenters. The van der Waals surface area contributed by atoms with Gasteiger partial charge in [-0.2, -0.15) is 0 Å². The van der Waals surface area contributed by atoms with Crippen molar-refractivity contribution in [2.45, 2.75) is 13.5 Å². The summed E-state index contributed by atoms with van der Waals surface area (Å²) in [7, 11) is 0. The van der Waals surface area contributed by atoms with Crippen molar-refractivity contribution in [1.29, 1.82) is 0 Å². The molecular weight excluding hydrogens is 392 g/mol. The number of aryl methyl sites for hydroxylation is 1. The third kappa shape index (κ3) is 4.21. The van der Waals surface area contributed by atoms with Gasteiger partial charge in [0.05, 0.1) is 17.8 Å². The highest BCUT2D eigenvalue weighted by Gasteiger charge is 2.18. The number of rotatable bonds is 6. The van der Waals surface area contributed by atoms with E-state index < -0.39 is 0 Å². The van der Waals surface area contributed by atoms with Gasteiger partial charge in [0.15, 0.2) is 5.78 Å². The van der Waals surface area contributed by atoms with Gasteiger partial charge in [0.25, 0.3) is 5.91 Å². The van der Waals surface area contributed by atoms with E-state index in [1.54, 1.807) is 47.7 Å². The van der Waals surface area contributed by atoms with Crippen molar-refractivity contribution in [3.05, 3.63) is 112 Å². The molecule has 148 valence electrons. The Balaban J connectivity index is 1.52. The number of ketones is 1. The SMILES string of the molecule is Cc1nc(-c2ccccc2)sc1CNC(=O)c1ccccc1C(=O)c1ccccc1. The fourth-order valence-corrected chi connectivity index (χ4v) is 4.18. The topological polar surface area (TPSA) is 59.1 Å². The monoisotopic (exact) mass is 412 g/mol. The van der Waals surface area contributed by atoms with Gasteiger partial charge in [0.1, 0.15) is 5.01 Å². The fourth-order valence-electron chi connectivity index (χ4n) is 3.18. The minimum Gasteiger partial charge on any atom is -0.347 e. The van der Waals surface area contributed by atoms with E-state index in [-0.39, 0.29) is 11.7 Å². The summed E-state index contributed by atoms with van der Waals surface area (Å²) in [6.07, 6.45) is 0. The summed E-state index contributed by atoms with van der Waals surface area (Å²) in [4.78, 5) is 31.4. The van der Waals surface area contributed by atoms with Gasteiger partial charge in [-0.1, -0.05) is 78.9 Å². The number of thiazole rings is 1. The van der Waals surface area contributed by atoms with Crippen molar-refractivity contribution in [3.63, 3.8) is 0 Å². The third-order valence-corrected chi connectivity index (χ3v) is 5.98. The van der Waals surface area contributed by atoms with E-state index >= 15 is 0 Å². The molecule has 4 nitrogen and oxygen atoms in total. The Labute approximate surface area is 179 Å². The molecule has 30 heavy (non-hydrogen) atoms. The number of nitrogens with one attached hydrogen (secondary N) is 1. The molecule has 4 rings (SSSR count). The van der Waals surface area contributed by atoms with E-state index in [2.05, 4.69) is 10.3 Å². The van der Waals surface area contributed by atoms with Gasteiger partial charge in [-0.3, -0.25) is 9.59 Å². The number of aromatic nitrogens is 1. The Morgan fingerprint density at radius 3 is 2.13 bits per heavy atom. The maximum atomic E-state index is 12.9. The first-order chi connectivity index (χ1) is 14.6. The number of nitrogens with zero attached hydrogens (tertiary/aromatic N) is 1. The summed E-state index contributed by atoms with van der Waals surface area (Å²) in [6.45, 7) is 2.31. The number of hydrogen-bond acceptors (Lipinski definition) is 4. The molecule has 1 N–H and O–H groups in total. The number of carbonyl (C=O) groups excluding carboxylic acids is 2. The van der Waals surface area contributed by atoms with E-state index in [9.17, 15) is 9.59 Å². The Bertz CT molecular complexity index is 1180. The number of hydrogen-bond donors (Lipinski definition) is 1. The molecule has 0 radical (unpaired) electrons. The average Bonchev–Trinajstić information content (AvgIpc) is 3.18. The van der Waals surface area contributed by atoms with Crippen LogP contribution < -0.4 is 5.32 Å². The molecule has 0 bridgehead atoms. The van der Waals surface area contributed by atoms with Gasteiger partial charge in [0.2, 0.25) is 0 Å². The first-order valence-corrected chi connectivity index (χ1v) is 10.4. The standard InChI is InChI=1S/C25H20N2O2S/c1-17-22(30-25(27-17)19-12-6-3-7-13-19)16-26-24(29)21-15-9-8-14-20(21)23(28)18-10-4-2-5-11-18/h2-15H,16H2,1H3,(H,26,29). The normalized spacial score (nSPS) is 10.6. The van der Waals surface area contributed by atoms with Crippen molar-refractivity contribution in [1.82, 2.24) is 10.3 Å². The summed E-state index contributed by atoms with van der Waals surface area (Å²) >= 11 is 1.56. The summed E-state index contributed by atoms with van der Waals surface area (Å²) < 4.78 is 0. The molecule has 0 saturated heterocycles. The molecule has 0 saturated carbocycles. The van der Waals surface area contributed by atoms with Crippen LogP contribution in [0.15, 0.2) is 84.9 Å². The summed E-state index contributed by atoms with van der Waals surface area (Å²) in [5.74, 6) is -0.439. The Morgan fingerprint density at radius 1 is 0.833 bits per heavy atom. The maximum Gasteiger partial charge on any atom is 0.252 e. The molecule has 0 unspecified atom stereocenters. The second-order valence-electron chi connectivity index (χ2n) is 6.82. The van der Waals surface area contributed by atoms with E-state index in [1.165, 1.54) is 0 Å². The van der Waals surface area contributed by atoms with Crippen LogP contribution >= 0.6 is 11.3 Å². The second-order valence-corrected chi connectivity index (χ2v) is 7.90. The summed E-state index contributed by atoms with van der Waals surface area (Å²) in [5, 5.41) is 3.87. The van der Waals surface area contributed by atoms with Gasteiger partial charge in [0, 0.05) is 21.6 Å². The van der Waals surface area contributed by atoms with Crippen molar-refractivity contribution >= 4 is 23.0 Å². The lowest BCUT2D eigenvalue weighted by Gasteiger charge is -2.09. The van der Waals surface area contributed by atoms with Gasteiger partial charge >= 0.3 is 0 Å². The van der Waals surface area contributed by atoms with Crippen LogP contribution in [0.5, 0.6) is 0 Å². The van der Waals surface area contributed by atoms with E-state index in [0.29, 0.717) is 23.2 Å². The van der Waals surface area contributed by atoms with Crippen molar-refractivity contribution < 1.29 is 9.59 Å². The Morgan fingerprint density at radius 2 is 1.43 bits per heavy atom. The zero-order valence-electron chi connectivity index (χ0n) is 16.5.